The van der Waals surface area contributed by atoms with Gasteiger partial charge in [0.25, 0.3) is 11.6 Å². The predicted octanol–water partition coefficient (Wildman–Crippen LogP) is 1.82. The number of aromatic nitrogens is 4. The van der Waals surface area contributed by atoms with Crippen molar-refractivity contribution in [3.63, 3.8) is 0 Å². The Kier molecular flexibility index (Phi) is 2.52. The molecule has 0 fully saturated rings. The van der Waals surface area contributed by atoms with E-state index in [1.165, 1.54) is 0 Å². The summed E-state index contributed by atoms with van der Waals surface area (Å²) in [5.74, 6) is 0.271. The van der Waals surface area contributed by atoms with Gasteiger partial charge in [-0.2, -0.15) is 5.10 Å². The van der Waals surface area contributed by atoms with Crippen molar-refractivity contribution in [2.24, 2.45) is 0 Å². The van der Waals surface area contributed by atoms with Gasteiger partial charge in [0, 0.05) is 11.8 Å². The molecular formula is C12H11N5O2. The van der Waals surface area contributed by atoms with E-state index in [-0.39, 0.29) is 5.91 Å². The fraction of sp³-hybridized carbons (Fsp3) is 0.167. The lowest BCUT2D eigenvalue weighted by Gasteiger charge is -2.04. The van der Waals surface area contributed by atoms with E-state index in [0.717, 1.165) is 0 Å². The monoisotopic (exact) mass is 257 g/mol. The summed E-state index contributed by atoms with van der Waals surface area (Å²) < 4.78 is 5.09. The van der Waals surface area contributed by atoms with E-state index in [0.29, 0.717) is 33.9 Å². The van der Waals surface area contributed by atoms with Crippen LogP contribution in [-0.2, 0) is 0 Å². The number of carbonyl (C=O) groups is 1. The van der Waals surface area contributed by atoms with Crippen molar-refractivity contribution in [1.82, 2.24) is 20.3 Å². The van der Waals surface area contributed by atoms with Gasteiger partial charge in [0.2, 0.25) is 0 Å². The average Bonchev–Trinajstić information content (AvgIpc) is 2.99. The Morgan fingerprint density at radius 3 is 3.00 bits per heavy atom. The molecule has 0 aliphatic heterocycles. The number of nitrogens with zero attached hydrogens (tertiary/aromatic N) is 3. The number of aromatic amines is 1. The molecule has 0 bridgehead atoms. The van der Waals surface area contributed by atoms with Crippen molar-refractivity contribution in [3.8, 4) is 0 Å². The SMILES string of the molecule is Cc1cc(C(=O)Nc2ccn[nH]2)c2c(C)noc2n1. The van der Waals surface area contributed by atoms with Gasteiger partial charge >= 0.3 is 0 Å². The lowest BCUT2D eigenvalue weighted by Crippen LogP contribution is -2.13. The molecule has 19 heavy (non-hydrogen) atoms. The van der Waals surface area contributed by atoms with E-state index in [1.54, 1.807) is 32.2 Å². The Morgan fingerprint density at radius 2 is 2.26 bits per heavy atom. The molecule has 0 atom stereocenters. The summed E-state index contributed by atoms with van der Waals surface area (Å²) in [5, 5.41) is 13.6. The van der Waals surface area contributed by atoms with Gasteiger partial charge in [0.1, 0.15) is 5.82 Å². The highest BCUT2D eigenvalue weighted by Gasteiger charge is 2.18. The molecule has 0 saturated heterocycles. The van der Waals surface area contributed by atoms with Gasteiger partial charge in [-0.15, -0.1) is 0 Å². The second-order valence-electron chi connectivity index (χ2n) is 4.18. The molecular weight excluding hydrogens is 246 g/mol. The van der Waals surface area contributed by atoms with Gasteiger partial charge in [0.05, 0.1) is 22.8 Å². The molecule has 7 nitrogen and oxygen atoms in total. The summed E-state index contributed by atoms with van der Waals surface area (Å²) in [6.07, 6.45) is 1.56. The summed E-state index contributed by atoms with van der Waals surface area (Å²) >= 11 is 0. The van der Waals surface area contributed by atoms with Gasteiger partial charge in [0.15, 0.2) is 0 Å². The first kappa shape index (κ1) is 11.4. The van der Waals surface area contributed by atoms with Crippen LogP contribution in [-0.4, -0.2) is 26.2 Å². The number of H-pyrrole nitrogens is 1. The quantitative estimate of drug-likeness (QED) is 0.729. The van der Waals surface area contributed by atoms with Gasteiger partial charge in [-0.25, -0.2) is 4.98 Å². The maximum absolute atomic E-state index is 12.3. The predicted molar refractivity (Wildman–Crippen MR) is 67.8 cm³/mol. The highest BCUT2D eigenvalue weighted by molar-refractivity contribution is 6.12. The summed E-state index contributed by atoms with van der Waals surface area (Å²) in [6, 6.07) is 3.38. The standard InChI is InChI=1S/C12H11N5O2/c1-6-5-8(10-7(2)17-19-12(10)14-6)11(18)15-9-3-4-13-16-9/h3-5H,1-2H3,(H2,13,15,16,18). The van der Waals surface area contributed by atoms with Gasteiger partial charge in [-0.1, -0.05) is 5.16 Å². The van der Waals surface area contributed by atoms with Crippen LogP contribution in [0.3, 0.4) is 0 Å². The number of hydrogen-bond donors (Lipinski definition) is 2. The molecule has 0 aliphatic rings. The number of aryl methyl sites for hydroxylation is 2. The average molecular weight is 257 g/mol. The zero-order chi connectivity index (χ0) is 13.4. The highest BCUT2D eigenvalue weighted by Crippen LogP contribution is 2.22. The second-order valence-corrected chi connectivity index (χ2v) is 4.18. The number of rotatable bonds is 2. The molecule has 96 valence electrons. The van der Waals surface area contributed by atoms with E-state index in [2.05, 4.69) is 25.7 Å². The van der Waals surface area contributed by atoms with Crippen molar-refractivity contribution in [3.05, 3.63) is 35.3 Å². The molecule has 0 unspecified atom stereocenters. The Bertz CT molecular complexity index is 745. The first-order valence-corrected chi connectivity index (χ1v) is 5.69. The lowest BCUT2D eigenvalue weighted by molar-refractivity contribution is 0.102. The molecule has 0 aliphatic carbocycles. The van der Waals surface area contributed by atoms with E-state index < -0.39 is 0 Å². The summed E-state index contributed by atoms with van der Waals surface area (Å²) in [5.41, 5.74) is 2.18. The maximum Gasteiger partial charge on any atom is 0.258 e. The molecule has 0 radical (unpaired) electrons. The smallest absolute Gasteiger partial charge is 0.258 e. The van der Waals surface area contributed by atoms with Crippen LogP contribution in [0.15, 0.2) is 22.9 Å². The number of pyridine rings is 1. The normalized spacial score (nSPS) is 10.8. The molecule has 3 aromatic rings. The van der Waals surface area contributed by atoms with E-state index in [1.807, 2.05) is 0 Å². The van der Waals surface area contributed by atoms with Crippen LogP contribution in [0, 0.1) is 13.8 Å². The Hall–Kier alpha value is -2.70. The molecule has 7 heteroatoms. The van der Waals surface area contributed by atoms with Crippen LogP contribution < -0.4 is 5.32 Å². The number of hydrogen-bond acceptors (Lipinski definition) is 5. The molecule has 2 N–H and O–H groups in total. The Balaban J connectivity index is 2.08. The first-order valence-electron chi connectivity index (χ1n) is 5.69. The Labute approximate surface area is 108 Å². The minimum absolute atomic E-state index is 0.258. The molecule has 3 heterocycles. The lowest BCUT2D eigenvalue weighted by atomic mass is 10.1. The van der Waals surface area contributed by atoms with Crippen molar-refractivity contribution in [2.45, 2.75) is 13.8 Å². The molecule has 3 rings (SSSR count). The number of fused-ring (bicyclic) bond motifs is 1. The molecule has 0 aromatic carbocycles. The zero-order valence-corrected chi connectivity index (χ0v) is 10.4. The van der Waals surface area contributed by atoms with Gasteiger partial charge in [-0.3, -0.25) is 9.89 Å². The van der Waals surface area contributed by atoms with E-state index >= 15 is 0 Å². The summed E-state index contributed by atoms with van der Waals surface area (Å²) in [4.78, 5) is 16.5. The topological polar surface area (TPSA) is 96.7 Å². The second kappa shape index (κ2) is 4.20. The van der Waals surface area contributed by atoms with Crippen LogP contribution in [0.2, 0.25) is 0 Å². The third kappa shape index (κ3) is 1.95. The van der Waals surface area contributed by atoms with Gasteiger partial charge < -0.3 is 9.84 Å². The fourth-order valence-corrected chi connectivity index (χ4v) is 1.91. The molecule has 3 aromatic heterocycles. The number of amides is 1. The largest absolute Gasteiger partial charge is 0.336 e. The van der Waals surface area contributed by atoms with Crippen LogP contribution in [0.5, 0.6) is 0 Å². The van der Waals surface area contributed by atoms with Gasteiger partial charge in [-0.05, 0) is 19.9 Å². The minimum atomic E-state index is -0.258. The minimum Gasteiger partial charge on any atom is -0.336 e. The zero-order valence-electron chi connectivity index (χ0n) is 10.4. The van der Waals surface area contributed by atoms with E-state index in [9.17, 15) is 4.79 Å². The molecule has 1 amide bonds. The molecule has 0 saturated carbocycles. The van der Waals surface area contributed by atoms with Crippen molar-refractivity contribution >= 4 is 22.8 Å². The Morgan fingerprint density at radius 1 is 1.42 bits per heavy atom. The number of nitrogens with one attached hydrogen (secondary N) is 2. The first-order chi connectivity index (χ1) is 9.15. The maximum atomic E-state index is 12.3. The van der Waals surface area contributed by atoms with E-state index in [4.69, 9.17) is 4.52 Å². The third-order valence-corrected chi connectivity index (χ3v) is 2.74. The van der Waals surface area contributed by atoms with Crippen molar-refractivity contribution in [2.75, 3.05) is 5.32 Å². The van der Waals surface area contributed by atoms with Crippen LogP contribution in [0.4, 0.5) is 5.82 Å². The summed E-state index contributed by atoms with van der Waals surface area (Å²) in [6.45, 7) is 3.57. The molecule has 0 spiro atoms. The van der Waals surface area contributed by atoms with Crippen molar-refractivity contribution < 1.29 is 9.32 Å². The third-order valence-electron chi connectivity index (χ3n) is 2.74. The number of anilines is 1. The van der Waals surface area contributed by atoms with Crippen LogP contribution in [0.25, 0.3) is 11.1 Å². The van der Waals surface area contributed by atoms with Crippen molar-refractivity contribution in [1.29, 1.82) is 0 Å². The highest BCUT2D eigenvalue weighted by atomic mass is 16.5. The summed E-state index contributed by atoms with van der Waals surface area (Å²) in [7, 11) is 0. The fourth-order valence-electron chi connectivity index (χ4n) is 1.91. The van der Waals surface area contributed by atoms with Crippen LogP contribution in [0.1, 0.15) is 21.7 Å². The van der Waals surface area contributed by atoms with Crippen LogP contribution >= 0.6 is 0 Å². The number of carbonyl (C=O) groups excluding carboxylic acids is 1.